The number of aromatic nitrogens is 3. The number of hydrogen-bond donors (Lipinski definition) is 1. The molecule has 0 saturated carbocycles. The van der Waals surface area contributed by atoms with Gasteiger partial charge in [-0.1, -0.05) is 29.8 Å². The Kier molecular flexibility index (Phi) is 5.55. The van der Waals surface area contributed by atoms with Gasteiger partial charge in [-0.15, -0.1) is 0 Å². The lowest BCUT2D eigenvalue weighted by Gasteiger charge is -2.13. The third-order valence-corrected chi connectivity index (χ3v) is 4.51. The van der Waals surface area contributed by atoms with Crippen molar-refractivity contribution in [3.8, 4) is 5.88 Å². The third-order valence-electron chi connectivity index (χ3n) is 4.02. The molecule has 8 heteroatoms. The number of carbonyl (C=O) groups is 1. The first-order valence-electron chi connectivity index (χ1n) is 8.39. The molecule has 0 fully saturated rings. The summed E-state index contributed by atoms with van der Waals surface area (Å²) in [6.07, 6.45) is 1.49. The van der Waals surface area contributed by atoms with E-state index < -0.39 is 0 Å². The van der Waals surface area contributed by atoms with Gasteiger partial charge in [0.1, 0.15) is 6.54 Å². The summed E-state index contributed by atoms with van der Waals surface area (Å²) in [4.78, 5) is 29.2. The van der Waals surface area contributed by atoms with Gasteiger partial charge in [0.05, 0.1) is 30.1 Å². The Labute approximate surface area is 164 Å². The van der Waals surface area contributed by atoms with Gasteiger partial charge >= 0.3 is 0 Å². The molecule has 0 unspecified atom stereocenters. The summed E-state index contributed by atoms with van der Waals surface area (Å²) in [5.41, 5.74) is 0.984. The zero-order valence-electron chi connectivity index (χ0n) is 15.2. The molecule has 1 amide bonds. The lowest BCUT2D eigenvalue weighted by Crippen LogP contribution is -2.31. The summed E-state index contributed by atoms with van der Waals surface area (Å²) in [7, 11) is 1.52. The molecule has 1 N–H and O–H groups in total. The summed E-state index contributed by atoms with van der Waals surface area (Å²) in [5.74, 6) is 0.193. The number of halogens is 1. The first-order valence-corrected chi connectivity index (χ1v) is 9.18. The van der Waals surface area contributed by atoms with Crippen molar-refractivity contribution in [2.75, 3.05) is 12.4 Å². The Morgan fingerprint density at radius 3 is 2.67 bits per heavy atom. The fourth-order valence-corrected chi connectivity index (χ4v) is 3.09. The van der Waals surface area contributed by atoms with Crippen LogP contribution >= 0.6 is 15.9 Å². The van der Waals surface area contributed by atoms with E-state index in [0.29, 0.717) is 17.0 Å². The molecule has 0 saturated heterocycles. The summed E-state index contributed by atoms with van der Waals surface area (Å²) < 4.78 is 7.07. The molecule has 7 nitrogen and oxygen atoms in total. The number of methoxy groups -OCH3 is 1. The third kappa shape index (κ3) is 4.16. The number of carbonyl (C=O) groups excluding carboxylic acids is 1. The number of benzene rings is 1. The minimum Gasteiger partial charge on any atom is -0.481 e. The van der Waals surface area contributed by atoms with Crippen LogP contribution in [0.1, 0.15) is 25.5 Å². The molecule has 3 aromatic rings. The lowest BCUT2D eigenvalue weighted by atomic mass is 10.0. The SMILES string of the molecule is COc1ccc(NC(=O)Cn2nc(C(C)C)c3cc(Br)ccc3c2=O)cn1. The van der Waals surface area contributed by atoms with Crippen molar-refractivity contribution >= 4 is 38.3 Å². The van der Waals surface area contributed by atoms with Crippen LogP contribution in [0.15, 0.2) is 45.8 Å². The van der Waals surface area contributed by atoms with Gasteiger partial charge in [-0.05, 0) is 30.2 Å². The zero-order chi connectivity index (χ0) is 19.6. The largest absolute Gasteiger partial charge is 0.481 e. The molecule has 27 heavy (non-hydrogen) atoms. The van der Waals surface area contributed by atoms with Crippen molar-refractivity contribution < 1.29 is 9.53 Å². The Morgan fingerprint density at radius 2 is 2.04 bits per heavy atom. The number of amides is 1. The van der Waals surface area contributed by atoms with Crippen LogP contribution in [0, 0.1) is 0 Å². The minimum absolute atomic E-state index is 0.0995. The second-order valence-corrected chi connectivity index (χ2v) is 7.25. The van der Waals surface area contributed by atoms with Crippen molar-refractivity contribution in [1.29, 1.82) is 0 Å². The standard InChI is InChI=1S/C19H19BrN4O3/c1-11(2)18-15-8-12(20)4-6-14(15)19(26)24(23-18)10-16(25)22-13-5-7-17(27-3)21-9-13/h4-9,11H,10H2,1-3H3,(H,22,25). The van der Waals surface area contributed by atoms with Crippen LogP contribution in [-0.2, 0) is 11.3 Å². The Hall–Kier alpha value is -2.74. The highest BCUT2D eigenvalue weighted by Gasteiger charge is 2.15. The summed E-state index contributed by atoms with van der Waals surface area (Å²) in [5, 5.41) is 8.48. The minimum atomic E-state index is -0.359. The molecule has 0 aliphatic carbocycles. The second kappa shape index (κ2) is 7.87. The van der Waals surface area contributed by atoms with E-state index in [1.807, 2.05) is 19.9 Å². The normalized spacial score (nSPS) is 11.0. The van der Waals surface area contributed by atoms with E-state index in [1.165, 1.54) is 18.0 Å². The van der Waals surface area contributed by atoms with Gasteiger partial charge in [-0.2, -0.15) is 5.10 Å². The van der Waals surface area contributed by atoms with Gasteiger partial charge in [0.2, 0.25) is 11.8 Å². The Balaban J connectivity index is 1.91. The predicted molar refractivity (Wildman–Crippen MR) is 107 cm³/mol. The second-order valence-electron chi connectivity index (χ2n) is 6.33. The van der Waals surface area contributed by atoms with Crippen LogP contribution in [0.5, 0.6) is 5.88 Å². The number of nitrogens with zero attached hydrogens (tertiary/aromatic N) is 3. The molecule has 0 bridgehead atoms. The van der Waals surface area contributed by atoms with Crippen molar-refractivity contribution in [2.24, 2.45) is 0 Å². The molecule has 0 atom stereocenters. The molecule has 140 valence electrons. The van der Waals surface area contributed by atoms with Crippen LogP contribution in [0.3, 0.4) is 0 Å². The van der Waals surface area contributed by atoms with Crippen LogP contribution in [0.25, 0.3) is 10.8 Å². The van der Waals surface area contributed by atoms with Crippen molar-refractivity contribution in [1.82, 2.24) is 14.8 Å². The van der Waals surface area contributed by atoms with E-state index in [1.54, 1.807) is 24.3 Å². The van der Waals surface area contributed by atoms with Crippen LogP contribution in [0.2, 0.25) is 0 Å². The van der Waals surface area contributed by atoms with Crippen molar-refractivity contribution in [3.63, 3.8) is 0 Å². The summed E-state index contributed by atoms with van der Waals surface area (Å²) in [6, 6.07) is 8.76. The van der Waals surface area contributed by atoms with Crippen molar-refractivity contribution in [3.05, 3.63) is 57.0 Å². The number of rotatable bonds is 5. The Morgan fingerprint density at radius 1 is 1.26 bits per heavy atom. The van der Waals surface area contributed by atoms with Crippen molar-refractivity contribution in [2.45, 2.75) is 26.3 Å². The van der Waals surface area contributed by atoms with Gasteiger partial charge in [-0.3, -0.25) is 9.59 Å². The summed E-state index contributed by atoms with van der Waals surface area (Å²) in [6.45, 7) is 3.82. The quantitative estimate of drug-likeness (QED) is 0.670. The Bertz CT molecular complexity index is 1050. The average Bonchev–Trinajstić information content (AvgIpc) is 2.64. The highest BCUT2D eigenvalue weighted by molar-refractivity contribution is 9.10. The van der Waals surface area contributed by atoms with Crippen LogP contribution in [-0.4, -0.2) is 27.8 Å². The first kappa shape index (κ1) is 19.0. The monoisotopic (exact) mass is 430 g/mol. The number of nitrogens with one attached hydrogen (secondary N) is 1. The van der Waals surface area contributed by atoms with E-state index >= 15 is 0 Å². The highest BCUT2D eigenvalue weighted by Crippen LogP contribution is 2.24. The number of pyridine rings is 1. The summed E-state index contributed by atoms with van der Waals surface area (Å²) >= 11 is 3.43. The van der Waals surface area contributed by atoms with Gasteiger partial charge in [0, 0.05) is 15.9 Å². The van der Waals surface area contributed by atoms with E-state index in [4.69, 9.17) is 4.74 Å². The molecule has 0 radical (unpaired) electrons. The maximum absolute atomic E-state index is 12.8. The lowest BCUT2D eigenvalue weighted by molar-refractivity contribution is -0.117. The number of ether oxygens (including phenoxy) is 1. The van der Waals surface area contributed by atoms with Crippen LogP contribution < -0.4 is 15.6 Å². The molecule has 0 aliphatic heterocycles. The number of hydrogen-bond acceptors (Lipinski definition) is 5. The zero-order valence-corrected chi connectivity index (χ0v) is 16.8. The smallest absolute Gasteiger partial charge is 0.275 e. The fourth-order valence-electron chi connectivity index (χ4n) is 2.73. The molecule has 3 rings (SSSR count). The van der Waals surface area contributed by atoms with E-state index in [-0.39, 0.29) is 23.9 Å². The van der Waals surface area contributed by atoms with Gasteiger partial charge < -0.3 is 10.1 Å². The molecule has 0 aliphatic rings. The molecular weight excluding hydrogens is 412 g/mol. The van der Waals surface area contributed by atoms with E-state index in [2.05, 4.69) is 31.3 Å². The maximum atomic E-state index is 12.8. The molecule has 2 heterocycles. The number of fused-ring (bicyclic) bond motifs is 1. The molecule has 2 aromatic heterocycles. The van der Waals surface area contributed by atoms with Gasteiger partial charge in [0.25, 0.3) is 5.56 Å². The van der Waals surface area contributed by atoms with E-state index in [0.717, 1.165) is 15.6 Å². The maximum Gasteiger partial charge on any atom is 0.275 e. The molecular formula is C19H19BrN4O3. The fraction of sp³-hybridized carbons (Fsp3) is 0.263. The van der Waals surface area contributed by atoms with Gasteiger partial charge in [-0.25, -0.2) is 9.67 Å². The molecule has 1 aromatic carbocycles. The van der Waals surface area contributed by atoms with Gasteiger partial charge in [0.15, 0.2) is 0 Å². The highest BCUT2D eigenvalue weighted by atomic mass is 79.9. The molecule has 0 spiro atoms. The van der Waals surface area contributed by atoms with Crippen LogP contribution in [0.4, 0.5) is 5.69 Å². The topological polar surface area (TPSA) is 86.1 Å². The predicted octanol–water partition coefficient (Wildman–Crippen LogP) is 3.32. The average molecular weight is 431 g/mol. The van der Waals surface area contributed by atoms with E-state index in [9.17, 15) is 9.59 Å². The number of anilines is 1. The first-order chi connectivity index (χ1) is 12.9.